The van der Waals surface area contributed by atoms with Gasteiger partial charge in [-0.1, -0.05) is 0 Å². The van der Waals surface area contributed by atoms with Crippen LogP contribution in [0.15, 0.2) is 17.2 Å². The van der Waals surface area contributed by atoms with E-state index in [1.54, 1.807) is 7.05 Å². The number of anilines is 1. The van der Waals surface area contributed by atoms with E-state index in [1.807, 2.05) is 4.90 Å². The highest BCUT2D eigenvalue weighted by molar-refractivity contribution is 5.79. The number of halogens is 1. The maximum atomic E-state index is 14.9. The van der Waals surface area contributed by atoms with Crippen molar-refractivity contribution in [1.29, 1.82) is 0 Å². The first-order chi connectivity index (χ1) is 11.5. The van der Waals surface area contributed by atoms with Gasteiger partial charge in [0, 0.05) is 45.7 Å². The van der Waals surface area contributed by atoms with Gasteiger partial charge in [0.15, 0.2) is 0 Å². The Kier molecular flexibility index (Phi) is 4.84. The molecular formula is C16H23FN4O3. The van der Waals surface area contributed by atoms with Crippen LogP contribution in [-0.4, -0.2) is 54.0 Å². The molecule has 3 rings (SSSR count). The molecule has 0 spiro atoms. The van der Waals surface area contributed by atoms with E-state index in [2.05, 4.69) is 10.3 Å². The van der Waals surface area contributed by atoms with Crippen LogP contribution in [0, 0.1) is 5.92 Å². The number of alkyl halides is 1. The van der Waals surface area contributed by atoms with Gasteiger partial charge in [-0.15, -0.1) is 0 Å². The zero-order valence-electron chi connectivity index (χ0n) is 13.8. The van der Waals surface area contributed by atoms with Crippen LogP contribution in [0.1, 0.15) is 19.3 Å². The van der Waals surface area contributed by atoms with Crippen molar-refractivity contribution in [2.75, 3.05) is 37.7 Å². The molecule has 1 aromatic rings. The highest BCUT2D eigenvalue weighted by atomic mass is 19.1. The summed E-state index contributed by atoms with van der Waals surface area (Å²) >= 11 is 0. The Morgan fingerprint density at radius 3 is 2.88 bits per heavy atom. The van der Waals surface area contributed by atoms with E-state index in [0.717, 1.165) is 0 Å². The summed E-state index contributed by atoms with van der Waals surface area (Å²) in [5.74, 6) is 0.297. The highest BCUT2D eigenvalue weighted by Crippen LogP contribution is 2.28. The van der Waals surface area contributed by atoms with E-state index in [-0.39, 0.29) is 23.9 Å². The molecule has 7 nitrogen and oxygen atoms in total. The lowest BCUT2D eigenvalue weighted by atomic mass is 9.93. The van der Waals surface area contributed by atoms with Crippen molar-refractivity contribution in [1.82, 2.24) is 14.9 Å². The van der Waals surface area contributed by atoms with Gasteiger partial charge in [0.1, 0.15) is 11.5 Å². The molecule has 2 aliphatic heterocycles. The maximum Gasteiger partial charge on any atom is 0.255 e. The summed E-state index contributed by atoms with van der Waals surface area (Å²) in [6.45, 7) is 1.99. The Balaban J connectivity index is 1.52. The normalized spacial score (nSPS) is 23.2. The molecule has 0 bridgehead atoms. The van der Waals surface area contributed by atoms with E-state index in [1.165, 1.54) is 17.0 Å². The number of nitrogens with zero attached hydrogens (tertiary/aromatic N) is 3. The molecule has 1 unspecified atom stereocenters. The van der Waals surface area contributed by atoms with Crippen LogP contribution in [0.5, 0.6) is 0 Å². The predicted molar refractivity (Wildman–Crippen MR) is 86.7 cm³/mol. The molecule has 0 aliphatic carbocycles. The summed E-state index contributed by atoms with van der Waals surface area (Å²) in [7, 11) is 1.64. The second kappa shape index (κ2) is 6.88. The number of hydrogen-bond donors (Lipinski definition) is 1. The molecule has 1 atom stereocenters. The molecule has 1 amide bonds. The molecule has 2 aliphatic rings. The fraction of sp³-hybridized carbons (Fsp3) is 0.688. The minimum absolute atomic E-state index is 0.0279. The van der Waals surface area contributed by atoms with Gasteiger partial charge in [0.25, 0.3) is 5.56 Å². The minimum Gasteiger partial charge on any atom is -0.381 e. The van der Waals surface area contributed by atoms with Gasteiger partial charge in [-0.3, -0.25) is 9.59 Å². The standard InChI is InChI=1S/C16H23FN4O3/c1-20-11-19-13(8-14(20)22)21-5-3-16(17,4-6-21)10-18-15(23)12-2-7-24-9-12/h8,11-12H,2-7,9-10H2,1H3,(H,18,23). The molecule has 1 N–H and O–H groups in total. The summed E-state index contributed by atoms with van der Waals surface area (Å²) in [4.78, 5) is 29.8. The number of carbonyl (C=O) groups is 1. The Bertz CT molecular complexity index is 649. The molecule has 0 aromatic carbocycles. The number of aromatic nitrogens is 2. The van der Waals surface area contributed by atoms with Crippen molar-refractivity contribution in [3.8, 4) is 0 Å². The van der Waals surface area contributed by atoms with Crippen molar-refractivity contribution >= 4 is 11.7 Å². The molecule has 132 valence electrons. The van der Waals surface area contributed by atoms with Crippen molar-refractivity contribution in [2.24, 2.45) is 13.0 Å². The van der Waals surface area contributed by atoms with Gasteiger partial charge < -0.3 is 19.5 Å². The number of carbonyl (C=O) groups excluding carboxylic acids is 1. The third kappa shape index (κ3) is 3.75. The number of piperidine rings is 1. The van der Waals surface area contributed by atoms with Crippen LogP contribution in [0.25, 0.3) is 0 Å². The van der Waals surface area contributed by atoms with Crippen molar-refractivity contribution < 1.29 is 13.9 Å². The van der Waals surface area contributed by atoms with Gasteiger partial charge in [-0.05, 0) is 6.42 Å². The Hall–Kier alpha value is -1.96. The summed E-state index contributed by atoms with van der Waals surface area (Å²) in [5, 5.41) is 2.72. The zero-order valence-corrected chi connectivity index (χ0v) is 13.8. The van der Waals surface area contributed by atoms with Crippen LogP contribution in [0.4, 0.5) is 10.2 Å². The summed E-state index contributed by atoms with van der Waals surface area (Å²) in [5.41, 5.74) is -1.55. The summed E-state index contributed by atoms with van der Waals surface area (Å²) in [6, 6.07) is 1.47. The zero-order chi connectivity index (χ0) is 17.2. The third-order valence-corrected chi connectivity index (χ3v) is 4.83. The minimum atomic E-state index is -1.41. The van der Waals surface area contributed by atoms with Crippen LogP contribution in [-0.2, 0) is 16.6 Å². The molecule has 24 heavy (non-hydrogen) atoms. The fourth-order valence-electron chi connectivity index (χ4n) is 3.07. The number of ether oxygens (including phenoxy) is 1. The number of rotatable bonds is 4. The number of amides is 1. The van der Waals surface area contributed by atoms with Crippen LogP contribution in [0.2, 0.25) is 0 Å². The van der Waals surface area contributed by atoms with Gasteiger partial charge in [-0.25, -0.2) is 9.37 Å². The molecule has 1 aromatic heterocycles. The monoisotopic (exact) mass is 338 g/mol. The SMILES string of the molecule is Cn1cnc(N2CCC(F)(CNC(=O)C3CCOC3)CC2)cc1=O. The van der Waals surface area contributed by atoms with Crippen LogP contribution in [0.3, 0.4) is 0 Å². The van der Waals surface area contributed by atoms with E-state index >= 15 is 0 Å². The number of aryl methyl sites for hydroxylation is 1. The van der Waals surface area contributed by atoms with Gasteiger partial charge in [0.05, 0.1) is 25.4 Å². The molecule has 0 saturated carbocycles. The number of hydrogen-bond acceptors (Lipinski definition) is 5. The second-order valence-electron chi connectivity index (χ2n) is 6.61. The van der Waals surface area contributed by atoms with Gasteiger partial charge in [0.2, 0.25) is 5.91 Å². The largest absolute Gasteiger partial charge is 0.381 e. The molecule has 2 fully saturated rings. The number of nitrogens with one attached hydrogen (secondary N) is 1. The van der Waals surface area contributed by atoms with E-state index in [4.69, 9.17) is 4.74 Å². The third-order valence-electron chi connectivity index (χ3n) is 4.83. The van der Waals surface area contributed by atoms with Crippen LogP contribution < -0.4 is 15.8 Å². The van der Waals surface area contributed by atoms with E-state index in [0.29, 0.717) is 51.4 Å². The first kappa shape index (κ1) is 16.9. The lowest BCUT2D eigenvalue weighted by Gasteiger charge is -2.37. The van der Waals surface area contributed by atoms with E-state index < -0.39 is 5.67 Å². The maximum absolute atomic E-state index is 14.9. The fourth-order valence-corrected chi connectivity index (χ4v) is 3.07. The Labute approximate surface area is 139 Å². The quantitative estimate of drug-likeness (QED) is 0.851. The molecule has 0 radical (unpaired) electrons. The molecular weight excluding hydrogens is 315 g/mol. The summed E-state index contributed by atoms with van der Waals surface area (Å²) < 4.78 is 21.5. The predicted octanol–water partition coefficient (Wildman–Crippen LogP) is 0.242. The molecule has 2 saturated heterocycles. The first-order valence-corrected chi connectivity index (χ1v) is 8.29. The topological polar surface area (TPSA) is 76.5 Å². The average molecular weight is 338 g/mol. The average Bonchev–Trinajstić information content (AvgIpc) is 3.11. The lowest BCUT2D eigenvalue weighted by Crippen LogP contribution is -2.49. The van der Waals surface area contributed by atoms with E-state index in [9.17, 15) is 14.0 Å². The van der Waals surface area contributed by atoms with Gasteiger partial charge >= 0.3 is 0 Å². The highest BCUT2D eigenvalue weighted by Gasteiger charge is 2.36. The molecule has 8 heteroatoms. The van der Waals surface area contributed by atoms with Gasteiger partial charge in [-0.2, -0.15) is 0 Å². The van der Waals surface area contributed by atoms with Crippen molar-refractivity contribution in [2.45, 2.75) is 24.9 Å². The smallest absolute Gasteiger partial charge is 0.255 e. The van der Waals surface area contributed by atoms with Crippen molar-refractivity contribution in [3.63, 3.8) is 0 Å². The first-order valence-electron chi connectivity index (χ1n) is 8.29. The molecule has 3 heterocycles. The second-order valence-corrected chi connectivity index (χ2v) is 6.61. The summed E-state index contributed by atoms with van der Waals surface area (Å²) in [6.07, 6.45) is 2.77. The van der Waals surface area contributed by atoms with Crippen LogP contribution >= 0.6 is 0 Å². The Morgan fingerprint density at radius 2 is 2.25 bits per heavy atom. The Morgan fingerprint density at radius 1 is 1.50 bits per heavy atom. The van der Waals surface area contributed by atoms with Crippen molar-refractivity contribution in [3.05, 3.63) is 22.7 Å². The lowest BCUT2D eigenvalue weighted by molar-refractivity contribution is -0.125.